The van der Waals surface area contributed by atoms with Crippen LogP contribution in [-0.2, 0) is 4.74 Å². The van der Waals surface area contributed by atoms with Crippen molar-refractivity contribution in [1.82, 2.24) is 9.55 Å². The van der Waals surface area contributed by atoms with E-state index in [1.54, 1.807) is 12.1 Å². The van der Waals surface area contributed by atoms with E-state index in [4.69, 9.17) is 9.72 Å². The molecule has 4 rings (SSSR count). The molecule has 7 nitrogen and oxygen atoms in total. The SMILES string of the molecule is O=[N+]([O-])c1ccc(-c2cn(-c3ccccc3)c(N3CCOCC3)n2)cc1. The Morgan fingerprint density at radius 3 is 2.35 bits per heavy atom. The minimum Gasteiger partial charge on any atom is -0.378 e. The van der Waals surface area contributed by atoms with Gasteiger partial charge in [-0.2, -0.15) is 0 Å². The minimum atomic E-state index is -0.397. The van der Waals surface area contributed by atoms with E-state index in [9.17, 15) is 10.1 Å². The molecule has 1 aliphatic rings. The Hall–Kier alpha value is -3.19. The van der Waals surface area contributed by atoms with Crippen molar-refractivity contribution in [3.05, 3.63) is 70.9 Å². The quantitative estimate of drug-likeness (QED) is 0.533. The fourth-order valence-electron chi connectivity index (χ4n) is 3.03. The number of hydrogen-bond acceptors (Lipinski definition) is 5. The zero-order chi connectivity index (χ0) is 17.9. The van der Waals surface area contributed by atoms with Crippen LogP contribution in [0.1, 0.15) is 0 Å². The maximum Gasteiger partial charge on any atom is 0.269 e. The maximum atomic E-state index is 10.9. The Bertz CT molecular complexity index is 900. The second-order valence-corrected chi connectivity index (χ2v) is 6.04. The molecule has 7 heteroatoms. The summed E-state index contributed by atoms with van der Waals surface area (Å²) in [6, 6.07) is 16.5. The number of hydrogen-bond donors (Lipinski definition) is 0. The van der Waals surface area contributed by atoms with E-state index in [1.165, 1.54) is 12.1 Å². The molecule has 0 bridgehead atoms. The molecule has 1 saturated heterocycles. The molecule has 2 heterocycles. The largest absolute Gasteiger partial charge is 0.378 e. The van der Waals surface area contributed by atoms with E-state index >= 15 is 0 Å². The molecule has 2 aromatic carbocycles. The fourth-order valence-corrected chi connectivity index (χ4v) is 3.03. The van der Waals surface area contributed by atoms with Crippen LogP contribution >= 0.6 is 0 Å². The second-order valence-electron chi connectivity index (χ2n) is 6.04. The van der Waals surface area contributed by atoms with Crippen molar-refractivity contribution in [3.8, 4) is 16.9 Å². The maximum absolute atomic E-state index is 10.9. The predicted molar refractivity (Wildman–Crippen MR) is 98.7 cm³/mol. The Balaban J connectivity index is 1.76. The number of nitro groups is 1. The van der Waals surface area contributed by atoms with Crippen LogP contribution in [-0.4, -0.2) is 40.8 Å². The van der Waals surface area contributed by atoms with Crippen molar-refractivity contribution in [2.45, 2.75) is 0 Å². The summed E-state index contributed by atoms with van der Waals surface area (Å²) >= 11 is 0. The van der Waals surface area contributed by atoms with Gasteiger partial charge in [-0.25, -0.2) is 4.98 Å². The summed E-state index contributed by atoms with van der Waals surface area (Å²) in [5.41, 5.74) is 2.73. The second kappa shape index (κ2) is 6.97. The van der Waals surface area contributed by atoms with Crippen molar-refractivity contribution in [2.24, 2.45) is 0 Å². The van der Waals surface area contributed by atoms with Gasteiger partial charge in [-0.3, -0.25) is 14.7 Å². The Kier molecular flexibility index (Phi) is 4.37. The highest BCUT2D eigenvalue weighted by Crippen LogP contribution is 2.28. The number of ether oxygens (including phenoxy) is 1. The molecule has 3 aromatic rings. The summed E-state index contributed by atoms with van der Waals surface area (Å²) in [4.78, 5) is 17.5. The summed E-state index contributed by atoms with van der Waals surface area (Å²) < 4.78 is 7.51. The van der Waals surface area contributed by atoms with E-state index in [1.807, 2.05) is 36.5 Å². The van der Waals surface area contributed by atoms with Crippen LogP contribution in [0.4, 0.5) is 11.6 Å². The smallest absolute Gasteiger partial charge is 0.269 e. The molecule has 0 atom stereocenters. The number of nitro benzene ring substituents is 1. The van der Waals surface area contributed by atoms with Gasteiger partial charge in [0, 0.05) is 42.7 Å². The first-order chi connectivity index (χ1) is 12.7. The standard InChI is InChI=1S/C19H18N4O3/c24-23(25)17-8-6-15(7-9-17)18-14-22(16-4-2-1-3-5-16)19(20-18)21-10-12-26-13-11-21/h1-9,14H,10-13H2. The molecule has 1 aromatic heterocycles. The highest BCUT2D eigenvalue weighted by Gasteiger charge is 2.20. The number of imidazole rings is 1. The number of aromatic nitrogens is 2. The van der Waals surface area contributed by atoms with Crippen molar-refractivity contribution >= 4 is 11.6 Å². The summed E-state index contributed by atoms with van der Waals surface area (Å²) in [5, 5.41) is 10.9. The van der Waals surface area contributed by atoms with Gasteiger partial charge in [-0.15, -0.1) is 0 Å². The van der Waals surface area contributed by atoms with Gasteiger partial charge in [0.25, 0.3) is 5.69 Å². The van der Waals surface area contributed by atoms with Crippen LogP contribution in [0.2, 0.25) is 0 Å². The molecular formula is C19H18N4O3. The molecule has 1 fully saturated rings. The van der Waals surface area contributed by atoms with Crippen molar-refractivity contribution in [3.63, 3.8) is 0 Å². The molecule has 1 aliphatic heterocycles. The van der Waals surface area contributed by atoms with Gasteiger partial charge in [-0.1, -0.05) is 18.2 Å². The Labute approximate surface area is 150 Å². The number of anilines is 1. The third kappa shape index (κ3) is 3.16. The first-order valence-electron chi connectivity index (χ1n) is 8.45. The van der Waals surface area contributed by atoms with E-state index in [0.717, 1.165) is 36.0 Å². The van der Waals surface area contributed by atoms with E-state index in [0.29, 0.717) is 13.2 Å². The average Bonchev–Trinajstić information content (AvgIpc) is 3.15. The molecule has 0 N–H and O–H groups in total. The van der Waals surface area contributed by atoms with E-state index in [-0.39, 0.29) is 5.69 Å². The lowest BCUT2D eigenvalue weighted by Crippen LogP contribution is -2.37. The normalized spacial score (nSPS) is 14.4. The van der Waals surface area contributed by atoms with Crippen molar-refractivity contribution in [1.29, 1.82) is 0 Å². The topological polar surface area (TPSA) is 73.4 Å². The third-order valence-corrected chi connectivity index (χ3v) is 4.39. The number of benzene rings is 2. The zero-order valence-corrected chi connectivity index (χ0v) is 14.1. The average molecular weight is 350 g/mol. The molecule has 132 valence electrons. The molecule has 26 heavy (non-hydrogen) atoms. The van der Waals surface area contributed by atoms with Crippen LogP contribution in [0.3, 0.4) is 0 Å². The van der Waals surface area contributed by atoms with Gasteiger partial charge in [0.1, 0.15) is 0 Å². The van der Waals surface area contributed by atoms with Crippen molar-refractivity contribution < 1.29 is 9.66 Å². The lowest BCUT2D eigenvalue weighted by molar-refractivity contribution is -0.384. The summed E-state index contributed by atoms with van der Waals surface area (Å²) in [5.74, 6) is 0.854. The minimum absolute atomic E-state index is 0.0737. The lowest BCUT2D eigenvalue weighted by Gasteiger charge is -2.28. The van der Waals surface area contributed by atoms with Gasteiger partial charge < -0.3 is 9.64 Å². The Morgan fingerprint density at radius 1 is 1.00 bits per heavy atom. The van der Waals surface area contributed by atoms with Crippen LogP contribution < -0.4 is 4.90 Å². The molecule has 0 saturated carbocycles. The first-order valence-corrected chi connectivity index (χ1v) is 8.45. The van der Waals surface area contributed by atoms with Gasteiger partial charge in [0.15, 0.2) is 0 Å². The molecule has 0 amide bonds. The monoisotopic (exact) mass is 350 g/mol. The highest BCUT2D eigenvalue weighted by atomic mass is 16.6. The number of para-hydroxylation sites is 1. The number of nitrogens with zero attached hydrogens (tertiary/aromatic N) is 4. The summed E-state index contributed by atoms with van der Waals surface area (Å²) in [6.07, 6.45) is 1.97. The summed E-state index contributed by atoms with van der Waals surface area (Å²) in [6.45, 7) is 2.91. The number of non-ortho nitro benzene ring substituents is 1. The zero-order valence-electron chi connectivity index (χ0n) is 14.1. The molecule has 0 spiro atoms. The van der Waals surface area contributed by atoms with Gasteiger partial charge in [0.05, 0.1) is 23.8 Å². The van der Waals surface area contributed by atoms with Gasteiger partial charge in [-0.05, 0) is 24.3 Å². The van der Waals surface area contributed by atoms with E-state index in [2.05, 4.69) is 9.47 Å². The highest BCUT2D eigenvalue weighted by molar-refractivity contribution is 5.64. The predicted octanol–water partition coefficient (Wildman–Crippen LogP) is 3.28. The van der Waals surface area contributed by atoms with E-state index < -0.39 is 4.92 Å². The van der Waals surface area contributed by atoms with Crippen LogP contribution in [0.15, 0.2) is 60.8 Å². The first kappa shape index (κ1) is 16.3. The molecular weight excluding hydrogens is 332 g/mol. The van der Waals surface area contributed by atoms with Crippen LogP contribution in [0.5, 0.6) is 0 Å². The molecule has 0 aliphatic carbocycles. The fraction of sp³-hybridized carbons (Fsp3) is 0.211. The summed E-state index contributed by atoms with van der Waals surface area (Å²) in [7, 11) is 0. The number of rotatable bonds is 4. The van der Waals surface area contributed by atoms with Gasteiger partial charge >= 0.3 is 0 Å². The van der Waals surface area contributed by atoms with Crippen LogP contribution in [0.25, 0.3) is 16.9 Å². The van der Waals surface area contributed by atoms with Gasteiger partial charge in [0.2, 0.25) is 5.95 Å². The lowest BCUT2D eigenvalue weighted by atomic mass is 10.1. The number of morpholine rings is 1. The van der Waals surface area contributed by atoms with Crippen LogP contribution in [0, 0.1) is 10.1 Å². The molecule has 0 radical (unpaired) electrons. The third-order valence-electron chi connectivity index (χ3n) is 4.39. The molecule has 0 unspecified atom stereocenters. The van der Waals surface area contributed by atoms with Crippen molar-refractivity contribution in [2.75, 3.05) is 31.2 Å². The Morgan fingerprint density at radius 2 is 1.69 bits per heavy atom.